The molecule has 0 aliphatic carbocycles. The van der Waals surface area contributed by atoms with Crippen LogP contribution in [0.2, 0.25) is 5.02 Å². The zero-order valence-electron chi connectivity index (χ0n) is 13.5. The summed E-state index contributed by atoms with van der Waals surface area (Å²) in [6.07, 6.45) is 4.73. The standard InChI is InChI=1S/C19H18ClN3O/c1-19(15-3-2-4-16(20)11-15)6-9-23(10-7-19)18(24)17-13-22-8-5-14(17)12-21/h2-5,8,11,13H,6-7,9-10H2,1H3. The average Bonchev–Trinajstić information content (AvgIpc) is 2.62. The van der Waals surface area contributed by atoms with Gasteiger partial charge in [0, 0.05) is 30.5 Å². The summed E-state index contributed by atoms with van der Waals surface area (Å²) >= 11 is 6.12. The Labute approximate surface area is 146 Å². The summed E-state index contributed by atoms with van der Waals surface area (Å²) in [5, 5.41) is 9.90. The fourth-order valence-corrected chi connectivity index (χ4v) is 3.38. The van der Waals surface area contributed by atoms with E-state index in [2.05, 4.69) is 24.0 Å². The smallest absolute Gasteiger partial charge is 0.256 e. The molecule has 1 aliphatic rings. The summed E-state index contributed by atoms with van der Waals surface area (Å²) < 4.78 is 0. The van der Waals surface area contributed by atoms with Crippen LogP contribution in [0.4, 0.5) is 0 Å². The molecule has 0 radical (unpaired) electrons. The molecule has 0 N–H and O–H groups in total. The number of pyridine rings is 1. The fourth-order valence-electron chi connectivity index (χ4n) is 3.19. The van der Waals surface area contributed by atoms with Crippen LogP contribution in [-0.4, -0.2) is 28.9 Å². The van der Waals surface area contributed by atoms with Crippen molar-refractivity contribution in [3.05, 3.63) is 64.4 Å². The van der Waals surface area contributed by atoms with Crippen molar-refractivity contribution in [2.24, 2.45) is 0 Å². The lowest BCUT2D eigenvalue weighted by atomic mass is 9.74. The highest BCUT2D eigenvalue weighted by Gasteiger charge is 2.34. The zero-order valence-corrected chi connectivity index (χ0v) is 14.3. The van der Waals surface area contributed by atoms with E-state index in [0.717, 1.165) is 17.9 Å². The molecular weight excluding hydrogens is 322 g/mol. The van der Waals surface area contributed by atoms with Crippen molar-refractivity contribution >= 4 is 17.5 Å². The van der Waals surface area contributed by atoms with Crippen LogP contribution in [0.15, 0.2) is 42.7 Å². The maximum atomic E-state index is 12.7. The molecular formula is C19H18ClN3O. The first kappa shape index (κ1) is 16.5. The van der Waals surface area contributed by atoms with Gasteiger partial charge in [-0.3, -0.25) is 9.78 Å². The third-order valence-corrected chi connectivity index (χ3v) is 5.08. The van der Waals surface area contributed by atoms with Gasteiger partial charge in [-0.1, -0.05) is 30.7 Å². The highest BCUT2D eigenvalue weighted by molar-refractivity contribution is 6.30. The SMILES string of the molecule is CC1(c2cccc(Cl)c2)CCN(C(=O)c2cnccc2C#N)CC1. The average molecular weight is 340 g/mol. The summed E-state index contributed by atoms with van der Waals surface area (Å²) in [5.74, 6) is -0.118. The predicted octanol–water partition coefficient (Wildman–Crippen LogP) is 3.80. The highest BCUT2D eigenvalue weighted by atomic mass is 35.5. The van der Waals surface area contributed by atoms with E-state index in [1.54, 1.807) is 6.07 Å². The van der Waals surface area contributed by atoms with E-state index >= 15 is 0 Å². The van der Waals surface area contributed by atoms with Crippen LogP contribution in [-0.2, 0) is 5.41 Å². The Balaban J connectivity index is 1.75. The zero-order chi connectivity index (χ0) is 17.2. The topological polar surface area (TPSA) is 57.0 Å². The Kier molecular flexibility index (Phi) is 4.55. The van der Waals surface area contributed by atoms with Crippen molar-refractivity contribution in [3.63, 3.8) is 0 Å². The lowest BCUT2D eigenvalue weighted by molar-refractivity contribution is 0.0675. The van der Waals surface area contributed by atoms with E-state index in [-0.39, 0.29) is 11.3 Å². The van der Waals surface area contributed by atoms with Gasteiger partial charge >= 0.3 is 0 Å². The van der Waals surface area contributed by atoms with Gasteiger partial charge in [0.2, 0.25) is 0 Å². The molecule has 0 saturated carbocycles. The van der Waals surface area contributed by atoms with Crippen molar-refractivity contribution in [2.45, 2.75) is 25.2 Å². The number of benzene rings is 1. The third-order valence-electron chi connectivity index (χ3n) is 4.85. The highest BCUT2D eigenvalue weighted by Crippen LogP contribution is 2.36. The molecule has 2 aromatic rings. The second-order valence-electron chi connectivity index (χ2n) is 6.40. The molecule has 0 spiro atoms. The van der Waals surface area contributed by atoms with Gasteiger partial charge in [0.25, 0.3) is 5.91 Å². The van der Waals surface area contributed by atoms with Gasteiger partial charge in [0.05, 0.1) is 11.1 Å². The summed E-state index contributed by atoms with van der Waals surface area (Å²) in [6.45, 7) is 3.52. The maximum Gasteiger partial charge on any atom is 0.256 e. The molecule has 3 rings (SSSR count). The molecule has 1 aromatic carbocycles. The number of rotatable bonds is 2. The molecule has 4 nitrogen and oxygen atoms in total. The second kappa shape index (κ2) is 6.62. The Morgan fingerprint density at radius 3 is 2.75 bits per heavy atom. The summed E-state index contributed by atoms with van der Waals surface area (Å²) in [6, 6.07) is 11.6. The number of carbonyl (C=O) groups is 1. The van der Waals surface area contributed by atoms with Crippen molar-refractivity contribution in [1.82, 2.24) is 9.88 Å². The Bertz CT molecular complexity index is 804. The largest absolute Gasteiger partial charge is 0.338 e. The van der Waals surface area contributed by atoms with Crippen LogP contribution in [0.3, 0.4) is 0 Å². The van der Waals surface area contributed by atoms with Crippen LogP contribution in [0.5, 0.6) is 0 Å². The number of carbonyl (C=O) groups excluding carboxylic acids is 1. The van der Waals surface area contributed by atoms with Gasteiger partial charge in [-0.25, -0.2) is 0 Å². The Hall–Kier alpha value is -2.38. The quantitative estimate of drug-likeness (QED) is 0.836. The molecule has 2 heterocycles. The number of hydrogen-bond acceptors (Lipinski definition) is 3. The molecule has 5 heteroatoms. The minimum absolute atomic E-state index is 0.00861. The molecule has 0 atom stereocenters. The lowest BCUT2D eigenvalue weighted by Gasteiger charge is -2.40. The van der Waals surface area contributed by atoms with Crippen LogP contribution < -0.4 is 0 Å². The normalized spacial score (nSPS) is 16.5. The van der Waals surface area contributed by atoms with Crippen molar-refractivity contribution < 1.29 is 4.79 Å². The fraction of sp³-hybridized carbons (Fsp3) is 0.316. The van der Waals surface area contributed by atoms with E-state index in [4.69, 9.17) is 16.9 Å². The molecule has 1 aliphatic heterocycles. The van der Waals surface area contributed by atoms with Crippen LogP contribution in [0.25, 0.3) is 0 Å². The molecule has 1 amide bonds. The number of nitrogens with zero attached hydrogens (tertiary/aromatic N) is 3. The minimum atomic E-state index is -0.118. The first-order valence-electron chi connectivity index (χ1n) is 7.93. The monoisotopic (exact) mass is 339 g/mol. The summed E-state index contributed by atoms with van der Waals surface area (Å²) in [4.78, 5) is 18.5. The first-order chi connectivity index (χ1) is 11.5. The number of halogens is 1. The molecule has 1 fully saturated rings. The van der Waals surface area contributed by atoms with E-state index in [1.165, 1.54) is 18.0 Å². The molecule has 0 bridgehead atoms. The maximum absolute atomic E-state index is 12.7. The third kappa shape index (κ3) is 3.13. The van der Waals surface area contributed by atoms with E-state index < -0.39 is 0 Å². The van der Waals surface area contributed by atoms with Crippen LogP contribution in [0, 0.1) is 11.3 Å². The number of nitriles is 1. The molecule has 0 unspecified atom stereocenters. The predicted molar refractivity (Wildman–Crippen MR) is 92.9 cm³/mol. The Morgan fingerprint density at radius 1 is 1.33 bits per heavy atom. The number of piperidine rings is 1. The van der Waals surface area contributed by atoms with Crippen molar-refractivity contribution in [3.8, 4) is 6.07 Å². The molecule has 122 valence electrons. The summed E-state index contributed by atoms with van der Waals surface area (Å²) in [7, 11) is 0. The minimum Gasteiger partial charge on any atom is -0.338 e. The van der Waals surface area contributed by atoms with Gasteiger partial charge in [-0.15, -0.1) is 0 Å². The van der Waals surface area contributed by atoms with E-state index in [1.807, 2.05) is 23.1 Å². The van der Waals surface area contributed by atoms with E-state index in [9.17, 15) is 4.79 Å². The van der Waals surface area contributed by atoms with E-state index in [0.29, 0.717) is 24.2 Å². The van der Waals surface area contributed by atoms with Crippen molar-refractivity contribution in [1.29, 1.82) is 5.26 Å². The Morgan fingerprint density at radius 2 is 2.08 bits per heavy atom. The van der Waals surface area contributed by atoms with Gasteiger partial charge in [0.1, 0.15) is 6.07 Å². The molecule has 1 saturated heterocycles. The molecule has 24 heavy (non-hydrogen) atoms. The number of likely N-dealkylation sites (tertiary alicyclic amines) is 1. The number of hydrogen-bond donors (Lipinski definition) is 0. The van der Waals surface area contributed by atoms with Gasteiger partial charge in [-0.05, 0) is 42.0 Å². The summed E-state index contributed by atoms with van der Waals surface area (Å²) in [5.41, 5.74) is 1.97. The first-order valence-corrected chi connectivity index (χ1v) is 8.31. The van der Waals surface area contributed by atoms with Gasteiger partial charge < -0.3 is 4.90 Å². The number of amides is 1. The lowest BCUT2D eigenvalue weighted by Crippen LogP contribution is -2.44. The van der Waals surface area contributed by atoms with Gasteiger partial charge in [-0.2, -0.15) is 5.26 Å². The van der Waals surface area contributed by atoms with Crippen LogP contribution >= 0.6 is 11.6 Å². The second-order valence-corrected chi connectivity index (χ2v) is 6.83. The van der Waals surface area contributed by atoms with Gasteiger partial charge in [0.15, 0.2) is 0 Å². The molecule has 1 aromatic heterocycles. The van der Waals surface area contributed by atoms with Crippen LogP contribution in [0.1, 0.15) is 41.3 Å². The number of aromatic nitrogens is 1. The van der Waals surface area contributed by atoms with Crippen molar-refractivity contribution in [2.75, 3.05) is 13.1 Å².